The molecule has 0 saturated heterocycles. The van der Waals surface area contributed by atoms with Crippen LogP contribution in [0, 0.1) is 5.82 Å². The molecule has 4 rings (SSSR count). The van der Waals surface area contributed by atoms with Crippen LogP contribution >= 0.6 is 0 Å². The third-order valence-electron chi connectivity index (χ3n) is 4.53. The van der Waals surface area contributed by atoms with E-state index in [-0.39, 0.29) is 17.3 Å². The van der Waals surface area contributed by atoms with Crippen molar-refractivity contribution in [2.75, 3.05) is 0 Å². The summed E-state index contributed by atoms with van der Waals surface area (Å²) >= 11 is 0. The molecule has 5 heteroatoms. The maximum Gasteiger partial charge on any atom is 0.343 e. The zero-order valence-electron chi connectivity index (χ0n) is 16.3. The number of esters is 2. The van der Waals surface area contributed by atoms with E-state index in [0.29, 0.717) is 16.5 Å². The topological polar surface area (TPSA) is 52.6 Å². The number of benzene rings is 4. The van der Waals surface area contributed by atoms with Gasteiger partial charge < -0.3 is 9.47 Å². The molecule has 0 saturated carbocycles. The number of rotatable bonds is 5. The number of ether oxygens (including phenoxy) is 2. The Labute approximate surface area is 178 Å². The molecular formula is C26H17FO4. The Balaban J connectivity index is 1.60. The van der Waals surface area contributed by atoms with Gasteiger partial charge in [-0.2, -0.15) is 0 Å². The second kappa shape index (κ2) is 9.05. The van der Waals surface area contributed by atoms with E-state index >= 15 is 0 Å². The highest BCUT2D eigenvalue weighted by Gasteiger charge is 2.15. The first kappa shape index (κ1) is 20.0. The van der Waals surface area contributed by atoms with Crippen molar-refractivity contribution in [3.8, 4) is 11.5 Å². The van der Waals surface area contributed by atoms with Gasteiger partial charge in [0, 0.05) is 6.08 Å². The average molecular weight is 412 g/mol. The summed E-state index contributed by atoms with van der Waals surface area (Å²) in [5, 5.41) is 1.27. The first-order valence-electron chi connectivity index (χ1n) is 9.54. The molecule has 31 heavy (non-hydrogen) atoms. The number of carbonyl (C=O) groups is 2. The van der Waals surface area contributed by atoms with Gasteiger partial charge in [0.15, 0.2) is 0 Å². The van der Waals surface area contributed by atoms with Crippen molar-refractivity contribution < 1.29 is 23.5 Å². The predicted molar refractivity (Wildman–Crippen MR) is 116 cm³/mol. The van der Waals surface area contributed by atoms with Gasteiger partial charge in [0.2, 0.25) is 0 Å². The van der Waals surface area contributed by atoms with E-state index in [9.17, 15) is 14.0 Å². The minimum absolute atomic E-state index is 0.266. The van der Waals surface area contributed by atoms with E-state index in [0.717, 1.165) is 5.39 Å². The van der Waals surface area contributed by atoms with Gasteiger partial charge in [-0.1, -0.05) is 54.6 Å². The van der Waals surface area contributed by atoms with E-state index in [1.807, 2.05) is 18.2 Å². The van der Waals surface area contributed by atoms with Gasteiger partial charge in [0.25, 0.3) is 0 Å². The van der Waals surface area contributed by atoms with E-state index in [1.165, 1.54) is 24.3 Å². The molecule has 0 aliphatic carbocycles. The van der Waals surface area contributed by atoms with Crippen molar-refractivity contribution >= 4 is 28.8 Å². The first-order valence-corrected chi connectivity index (χ1v) is 9.54. The molecule has 0 atom stereocenters. The van der Waals surface area contributed by atoms with Crippen LogP contribution in [0.5, 0.6) is 11.5 Å². The smallest absolute Gasteiger partial charge is 0.343 e. The summed E-state index contributed by atoms with van der Waals surface area (Å²) in [5.41, 5.74) is 1.07. The van der Waals surface area contributed by atoms with Crippen molar-refractivity contribution in [1.82, 2.24) is 0 Å². The Morgan fingerprint density at radius 2 is 1.35 bits per heavy atom. The molecule has 0 amide bonds. The predicted octanol–water partition coefficient (Wildman–Crippen LogP) is 5.82. The van der Waals surface area contributed by atoms with Gasteiger partial charge in [-0.3, -0.25) is 0 Å². The monoisotopic (exact) mass is 412 g/mol. The lowest BCUT2D eigenvalue weighted by molar-refractivity contribution is -0.128. The van der Waals surface area contributed by atoms with Gasteiger partial charge >= 0.3 is 11.9 Å². The van der Waals surface area contributed by atoms with Crippen LogP contribution in [0.4, 0.5) is 4.39 Å². The maximum atomic E-state index is 13.0. The fourth-order valence-electron chi connectivity index (χ4n) is 3.06. The Kier molecular flexibility index (Phi) is 5.85. The van der Waals surface area contributed by atoms with Crippen molar-refractivity contribution in [2.24, 2.45) is 0 Å². The molecule has 0 unspecified atom stereocenters. The van der Waals surface area contributed by atoms with Crippen LogP contribution in [0.1, 0.15) is 15.9 Å². The third-order valence-corrected chi connectivity index (χ3v) is 4.53. The van der Waals surface area contributed by atoms with Crippen LogP contribution in [-0.4, -0.2) is 11.9 Å². The molecule has 0 bridgehead atoms. The summed E-state index contributed by atoms with van der Waals surface area (Å²) in [6, 6.07) is 24.8. The molecule has 0 aliphatic rings. The average Bonchev–Trinajstić information content (AvgIpc) is 2.79. The van der Waals surface area contributed by atoms with Gasteiger partial charge in [0.1, 0.15) is 17.3 Å². The van der Waals surface area contributed by atoms with E-state index < -0.39 is 11.9 Å². The number of fused-ring (bicyclic) bond motifs is 1. The maximum absolute atomic E-state index is 13.0. The SMILES string of the molecule is O=C(C=Cc1ccc(F)cc1)Oc1cccc2cccc(OC(=O)c3ccccc3)c12. The van der Waals surface area contributed by atoms with Gasteiger partial charge in [0.05, 0.1) is 10.9 Å². The molecular weight excluding hydrogens is 395 g/mol. The Bertz CT molecular complexity index is 1260. The Hall–Kier alpha value is -4.25. The minimum Gasteiger partial charge on any atom is -0.423 e. The third kappa shape index (κ3) is 4.85. The second-order valence-electron chi connectivity index (χ2n) is 6.67. The molecule has 0 N–H and O–H groups in total. The molecule has 0 heterocycles. The fourth-order valence-corrected chi connectivity index (χ4v) is 3.06. The van der Waals surface area contributed by atoms with E-state index in [4.69, 9.17) is 9.47 Å². The van der Waals surface area contributed by atoms with Crippen LogP contribution in [0.3, 0.4) is 0 Å². The lowest BCUT2D eigenvalue weighted by Gasteiger charge is -2.11. The second-order valence-corrected chi connectivity index (χ2v) is 6.67. The van der Waals surface area contributed by atoms with E-state index in [1.54, 1.807) is 60.7 Å². The number of halogens is 1. The molecule has 4 aromatic rings. The van der Waals surface area contributed by atoms with Crippen LogP contribution in [-0.2, 0) is 4.79 Å². The molecule has 4 nitrogen and oxygen atoms in total. The minimum atomic E-state index is -0.610. The molecule has 0 aliphatic heterocycles. The lowest BCUT2D eigenvalue weighted by Crippen LogP contribution is -2.09. The van der Waals surface area contributed by atoms with E-state index in [2.05, 4.69) is 0 Å². The zero-order chi connectivity index (χ0) is 21.6. The normalized spacial score (nSPS) is 10.9. The number of hydrogen-bond acceptors (Lipinski definition) is 4. The highest BCUT2D eigenvalue weighted by molar-refractivity contribution is 6.00. The largest absolute Gasteiger partial charge is 0.423 e. The summed E-state index contributed by atoms with van der Waals surface area (Å²) in [6.07, 6.45) is 2.79. The summed E-state index contributed by atoms with van der Waals surface area (Å²) < 4.78 is 24.1. The lowest BCUT2D eigenvalue weighted by atomic mass is 10.1. The summed E-state index contributed by atoms with van der Waals surface area (Å²) in [7, 11) is 0. The first-order chi connectivity index (χ1) is 15.1. The van der Waals surface area contributed by atoms with Gasteiger partial charge in [-0.25, -0.2) is 14.0 Å². The van der Waals surface area contributed by atoms with Crippen molar-refractivity contribution in [3.63, 3.8) is 0 Å². The van der Waals surface area contributed by atoms with Crippen LogP contribution < -0.4 is 9.47 Å². The summed E-state index contributed by atoms with van der Waals surface area (Å²) in [4.78, 5) is 24.9. The summed E-state index contributed by atoms with van der Waals surface area (Å²) in [6.45, 7) is 0. The summed E-state index contributed by atoms with van der Waals surface area (Å²) in [5.74, 6) is -0.917. The standard InChI is InChI=1S/C26H17FO4/c27-21-15-12-18(13-16-21)14-17-24(28)30-22-10-4-8-19-9-5-11-23(25(19)22)31-26(29)20-6-2-1-3-7-20/h1-17H. The highest BCUT2D eigenvalue weighted by atomic mass is 19.1. The highest BCUT2D eigenvalue weighted by Crippen LogP contribution is 2.34. The van der Waals surface area contributed by atoms with Crippen molar-refractivity contribution in [1.29, 1.82) is 0 Å². The zero-order valence-corrected chi connectivity index (χ0v) is 16.3. The molecule has 0 spiro atoms. The molecule has 0 fully saturated rings. The molecule has 0 radical (unpaired) electrons. The molecule has 4 aromatic carbocycles. The Morgan fingerprint density at radius 3 is 2.03 bits per heavy atom. The number of carbonyl (C=O) groups excluding carboxylic acids is 2. The fraction of sp³-hybridized carbons (Fsp3) is 0. The van der Waals surface area contributed by atoms with Crippen LogP contribution in [0.2, 0.25) is 0 Å². The van der Waals surface area contributed by atoms with Crippen LogP contribution in [0.15, 0.2) is 97.1 Å². The van der Waals surface area contributed by atoms with Crippen LogP contribution in [0.25, 0.3) is 16.8 Å². The van der Waals surface area contributed by atoms with Crippen molar-refractivity contribution in [3.05, 3.63) is 114 Å². The number of hydrogen-bond donors (Lipinski definition) is 0. The molecule has 0 aromatic heterocycles. The van der Waals surface area contributed by atoms with Gasteiger partial charge in [-0.15, -0.1) is 0 Å². The van der Waals surface area contributed by atoms with Gasteiger partial charge in [-0.05, 0) is 53.4 Å². The van der Waals surface area contributed by atoms with Crippen molar-refractivity contribution in [2.45, 2.75) is 0 Å². The molecule has 152 valence electrons. The Morgan fingerprint density at radius 1 is 0.710 bits per heavy atom. The quantitative estimate of drug-likeness (QED) is 0.236.